The number of carbonyl (C=O) groups is 1. The molecule has 2 rings (SSSR count). The molecule has 0 radical (unpaired) electrons. The van der Waals surface area contributed by atoms with Crippen LogP contribution in [0.25, 0.3) is 0 Å². The molecule has 2 aromatic rings. The second-order valence-electron chi connectivity index (χ2n) is 5.02. The Balaban J connectivity index is 1.92. The summed E-state index contributed by atoms with van der Waals surface area (Å²) in [6.45, 7) is 2.94. The van der Waals surface area contributed by atoms with Crippen molar-refractivity contribution in [2.45, 2.75) is 26.2 Å². The number of nitrogens with one attached hydrogen (secondary N) is 2. The number of aromatic nitrogens is 2. The fourth-order valence-corrected chi connectivity index (χ4v) is 1.91. The first-order valence-corrected chi connectivity index (χ1v) is 7.44. The van der Waals surface area contributed by atoms with Gasteiger partial charge in [-0.2, -0.15) is 0 Å². The summed E-state index contributed by atoms with van der Waals surface area (Å²) in [5.41, 5.74) is 0.00691. The summed E-state index contributed by atoms with van der Waals surface area (Å²) in [7, 11) is 0. The zero-order chi connectivity index (χ0) is 16.7. The van der Waals surface area contributed by atoms with Crippen molar-refractivity contribution in [1.82, 2.24) is 10.2 Å². The van der Waals surface area contributed by atoms with Gasteiger partial charge in [-0.1, -0.05) is 19.8 Å². The number of benzene rings is 1. The first-order valence-electron chi connectivity index (χ1n) is 7.44. The number of hydrogen-bond donors (Lipinski definition) is 2. The molecule has 1 heterocycles. The van der Waals surface area contributed by atoms with E-state index < -0.39 is 17.5 Å². The zero-order valence-electron chi connectivity index (χ0n) is 12.8. The summed E-state index contributed by atoms with van der Waals surface area (Å²) in [6.07, 6.45) is 3.33. The molecular formula is C16H18F2N4O. The molecule has 0 aliphatic carbocycles. The molecule has 7 heteroatoms. The van der Waals surface area contributed by atoms with E-state index in [2.05, 4.69) is 27.8 Å². The lowest BCUT2D eigenvalue weighted by molar-refractivity contribution is 0.102. The second kappa shape index (κ2) is 8.17. The van der Waals surface area contributed by atoms with Crippen LogP contribution in [0.15, 0.2) is 30.3 Å². The van der Waals surface area contributed by atoms with E-state index in [1.54, 1.807) is 12.1 Å². The van der Waals surface area contributed by atoms with Crippen LogP contribution in [-0.2, 0) is 0 Å². The van der Waals surface area contributed by atoms with Crippen molar-refractivity contribution < 1.29 is 13.6 Å². The third-order valence-corrected chi connectivity index (χ3v) is 3.17. The summed E-state index contributed by atoms with van der Waals surface area (Å²) < 4.78 is 26.0. The Labute approximate surface area is 133 Å². The van der Waals surface area contributed by atoms with Crippen molar-refractivity contribution in [1.29, 1.82) is 0 Å². The number of halogens is 2. The fraction of sp³-hybridized carbons (Fsp3) is 0.312. The van der Waals surface area contributed by atoms with E-state index in [1.807, 2.05) is 0 Å². The van der Waals surface area contributed by atoms with Gasteiger partial charge in [0.05, 0.1) is 0 Å². The zero-order valence-corrected chi connectivity index (χ0v) is 12.8. The van der Waals surface area contributed by atoms with E-state index in [0.29, 0.717) is 5.82 Å². The van der Waals surface area contributed by atoms with Gasteiger partial charge >= 0.3 is 0 Å². The molecule has 0 fully saturated rings. The van der Waals surface area contributed by atoms with Crippen molar-refractivity contribution in [2.75, 3.05) is 17.2 Å². The molecule has 122 valence electrons. The molecule has 0 saturated carbocycles. The topological polar surface area (TPSA) is 66.9 Å². The number of amides is 1. The average Bonchev–Trinajstić information content (AvgIpc) is 2.55. The molecular weight excluding hydrogens is 302 g/mol. The molecule has 23 heavy (non-hydrogen) atoms. The summed E-state index contributed by atoms with van der Waals surface area (Å²) >= 11 is 0. The molecule has 1 aromatic heterocycles. The maximum atomic E-state index is 13.1. The van der Waals surface area contributed by atoms with Crippen LogP contribution in [0.1, 0.15) is 36.5 Å². The highest BCUT2D eigenvalue weighted by atomic mass is 19.2. The van der Waals surface area contributed by atoms with E-state index in [1.165, 1.54) is 6.07 Å². The molecule has 0 saturated heterocycles. The minimum atomic E-state index is -1.07. The molecule has 0 bridgehead atoms. The van der Waals surface area contributed by atoms with Crippen LogP contribution >= 0.6 is 0 Å². The van der Waals surface area contributed by atoms with Gasteiger partial charge in [0.2, 0.25) is 0 Å². The van der Waals surface area contributed by atoms with E-state index in [-0.39, 0.29) is 11.4 Å². The van der Waals surface area contributed by atoms with Crippen LogP contribution < -0.4 is 10.6 Å². The Bertz CT molecular complexity index is 662. The quantitative estimate of drug-likeness (QED) is 0.765. The highest BCUT2D eigenvalue weighted by Gasteiger charge is 2.10. The number of carbonyl (C=O) groups excluding carboxylic acids is 1. The lowest BCUT2D eigenvalue weighted by atomic mass is 10.2. The van der Waals surface area contributed by atoms with Gasteiger partial charge < -0.3 is 10.6 Å². The molecule has 5 nitrogen and oxygen atoms in total. The van der Waals surface area contributed by atoms with Crippen LogP contribution in [0.5, 0.6) is 0 Å². The Morgan fingerprint density at radius 2 is 1.78 bits per heavy atom. The summed E-state index contributed by atoms with van der Waals surface area (Å²) in [6, 6.07) is 6.22. The molecule has 1 aromatic carbocycles. The predicted octanol–water partition coefficient (Wildman–Crippen LogP) is 3.61. The van der Waals surface area contributed by atoms with E-state index in [4.69, 9.17) is 0 Å². The maximum Gasteiger partial charge on any atom is 0.256 e. The van der Waals surface area contributed by atoms with Gasteiger partial charge in [0.15, 0.2) is 17.5 Å². The van der Waals surface area contributed by atoms with Gasteiger partial charge in [0, 0.05) is 12.1 Å². The molecule has 0 aliphatic rings. The lowest BCUT2D eigenvalue weighted by Gasteiger charge is -2.06. The molecule has 0 spiro atoms. The van der Waals surface area contributed by atoms with Crippen LogP contribution in [0, 0.1) is 11.6 Å². The van der Waals surface area contributed by atoms with E-state index in [0.717, 1.165) is 37.9 Å². The third-order valence-electron chi connectivity index (χ3n) is 3.17. The third kappa shape index (κ3) is 4.98. The largest absolute Gasteiger partial charge is 0.369 e. The number of nitrogens with zero attached hydrogens (tertiary/aromatic N) is 2. The number of hydrogen-bond acceptors (Lipinski definition) is 4. The van der Waals surface area contributed by atoms with Crippen LogP contribution in [-0.4, -0.2) is 22.6 Å². The highest BCUT2D eigenvalue weighted by Crippen LogP contribution is 2.12. The highest BCUT2D eigenvalue weighted by molar-refractivity contribution is 6.03. The van der Waals surface area contributed by atoms with Gasteiger partial charge in [-0.15, -0.1) is 10.2 Å². The van der Waals surface area contributed by atoms with Crippen LogP contribution in [0.4, 0.5) is 20.4 Å². The van der Waals surface area contributed by atoms with Crippen molar-refractivity contribution in [3.8, 4) is 0 Å². The molecule has 0 atom stereocenters. The van der Waals surface area contributed by atoms with Crippen molar-refractivity contribution >= 4 is 17.5 Å². The maximum absolute atomic E-state index is 13.1. The first kappa shape index (κ1) is 16.8. The SMILES string of the molecule is CCCCCNc1ccc(NC(=O)c2ccc(F)c(F)c2)nn1. The van der Waals surface area contributed by atoms with Crippen molar-refractivity contribution in [2.24, 2.45) is 0 Å². The summed E-state index contributed by atoms with van der Waals surface area (Å²) in [5, 5.41) is 13.4. The van der Waals surface area contributed by atoms with E-state index >= 15 is 0 Å². The molecule has 0 aliphatic heterocycles. The minimum absolute atomic E-state index is 0.00691. The van der Waals surface area contributed by atoms with Gasteiger partial charge in [-0.05, 0) is 36.8 Å². The standard InChI is InChI=1S/C16H18F2N4O/c1-2-3-4-9-19-14-7-8-15(22-21-14)20-16(23)11-5-6-12(17)13(18)10-11/h5-8,10H,2-4,9H2,1H3,(H,19,21)(H,20,22,23). The van der Waals surface area contributed by atoms with Crippen molar-refractivity contribution in [3.63, 3.8) is 0 Å². The minimum Gasteiger partial charge on any atom is -0.369 e. The fourth-order valence-electron chi connectivity index (χ4n) is 1.91. The first-order chi connectivity index (χ1) is 11.1. The number of unbranched alkanes of at least 4 members (excludes halogenated alkanes) is 2. The van der Waals surface area contributed by atoms with Gasteiger partial charge in [-0.3, -0.25) is 4.79 Å². The predicted molar refractivity (Wildman–Crippen MR) is 84.4 cm³/mol. The summed E-state index contributed by atoms with van der Waals surface area (Å²) in [4.78, 5) is 11.9. The van der Waals surface area contributed by atoms with Crippen LogP contribution in [0.2, 0.25) is 0 Å². The number of rotatable bonds is 7. The Morgan fingerprint density at radius 3 is 2.43 bits per heavy atom. The Morgan fingerprint density at radius 1 is 1.04 bits per heavy atom. The Hall–Kier alpha value is -2.57. The van der Waals surface area contributed by atoms with Gasteiger partial charge in [0.25, 0.3) is 5.91 Å². The monoisotopic (exact) mass is 320 g/mol. The molecule has 0 unspecified atom stereocenters. The van der Waals surface area contributed by atoms with Crippen LogP contribution in [0.3, 0.4) is 0 Å². The molecule has 1 amide bonds. The summed E-state index contributed by atoms with van der Waals surface area (Å²) in [5.74, 6) is -1.80. The molecule has 2 N–H and O–H groups in total. The smallest absolute Gasteiger partial charge is 0.256 e. The second-order valence-corrected chi connectivity index (χ2v) is 5.02. The average molecular weight is 320 g/mol. The van der Waals surface area contributed by atoms with Crippen molar-refractivity contribution in [3.05, 3.63) is 47.5 Å². The van der Waals surface area contributed by atoms with Gasteiger partial charge in [0.1, 0.15) is 5.82 Å². The Kier molecular flexibility index (Phi) is 5.96. The van der Waals surface area contributed by atoms with E-state index in [9.17, 15) is 13.6 Å². The number of anilines is 2. The van der Waals surface area contributed by atoms with Gasteiger partial charge in [-0.25, -0.2) is 8.78 Å². The normalized spacial score (nSPS) is 10.4. The lowest BCUT2D eigenvalue weighted by Crippen LogP contribution is -2.14.